The molecule has 0 N–H and O–H groups in total. The van der Waals surface area contributed by atoms with Crippen LogP contribution in [0.3, 0.4) is 0 Å². The van der Waals surface area contributed by atoms with Gasteiger partial charge in [0.25, 0.3) is 0 Å². The van der Waals surface area contributed by atoms with Crippen molar-refractivity contribution >= 4 is 9.24 Å². The monoisotopic (exact) mass is 158 g/mol. The summed E-state index contributed by atoms with van der Waals surface area (Å²) >= 11 is 0. The van der Waals surface area contributed by atoms with Crippen LogP contribution >= 0.6 is 9.24 Å². The van der Waals surface area contributed by atoms with Crippen molar-refractivity contribution in [3.05, 3.63) is 0 Å². The first-order valence-electron chi connectivity index (χ1n) is 4.38. The van der Waals surface area contributed by atoms with Gasteiger partial charge in [0.2, 0.25) is 0 Å². The molecule has 0 spiro atoms. The third-order valence-corrected chi connectivity index (χ3v) is 4.64. The van der Waals surface area contributed by atoms with Crippen molar-refractivity contribution in [3.63, 3.8) is 0 Å². The summed E-state index contributed by atoms with van der Waals surface area (Å²) in [6.07, 6.45) is 4.18. The van der Waals surface area contributed by atoms with E-state index in [1.54, 1.807) is 0 Å². The van der Waals surface area contributed by atoms with E-state index in [2.05, 4.69) is 30.0 Å². The van der Waals surface area contributed by atoms with Gasteiger partial charge in [-0.05, 0) is 23.4 Å². The normalized spacial score (nSPS) is 45.6. The van der Waals surface area contributed by atoms with E-state index in [-0.39, 0.29) is 0 Å². The van der Waals surface area contributed by atoms with E-state index in [1.165, 1.54) is 19.3 Å². The summed E-state index contributed by atoms with van der Waals surface area (Å²) in [5, 5.41) is 0. The van der Waals surface area contributed by atoms with Crippen LogP contribution < -0.4 is 0 Å². The second-order valence-corrected chi connectivity index (χ2v) is 4.64. The van der Waals surface area contributed by atoms with E-state index in [1.807, 2.05) is 0 Å². The molecule has 1 rings (SSSR count). The number of rotatable bonds is 3. The van der Waals surface area contributed by atoms with E-state index < -0.39 is 0 Å². The Hall–Kier alpha value is 0.430. The van der Waals surface area contributed by atoms with Gasteiger partial charge >= 0.3 is 0 Å². The molecular weight excluding hydrogens is 139 g/mol. The molecule has 0 aromatic rings. The molecule has 1 heteroatoms. The third kappa shape index (κ3) is 1.23. The molecule has 0 saturated heterocycles. The average Bonchev–Trinajstić information content (AvgIpc) is 2.38. The van der Waals surface area contributed by atoms with E-state index in [4.69, 9.17) is 0 Å². The standard InChI is InChI=1S/C9H19P/c1-4-5-6-9(3)7(2)8(9)10/h7-8H,4-6,10H2,1-3H3. The van der Waals surface area contributed by atoms with Crippen molar-refractivity contribution < 1.29 is 0 Å². The highest BCUT2D eigenvalue weighted by atomic mass is 31.0. The third-order valence-electron chi connectivity index (χ3n) is 3.30. The second-order valence-electron chi connectivity index (χ2n) is 3.92. The molecule has 0 nitrogen and oxygen atoms in total. The fourth-order valence-corrected chi connectivity index (χ4v) is 2.59. The maximum Gasteiger partial charge on any atom is -0.0176 e. The molecule has 0 bridgehead atoms. The first-order chi connectivity index (χ1) is 4.63. The van der Waals surface area contributed by atoms with Crippen LogP contribution in [0.5, 0.6) is 0 Å². The van der Waals surface area contributed by atoms with Crippen molar-refractivity contribution in [2.75, 3.05) is 0 Å². The first-order valence-corrected chi connectivity index (χ1v) is 5.05. The summed E-state index contributed by atoms with van der Waals surface area (Å²) < 4.78 is 0. The van der Waals surface area contributed by atoms with Gasteiger partial charge in [0.15, 0.2) is 0 Å². The molecule has 0 aromatic carbocycles. The van der Waals surface area contributed by atoms with E-state index >= 15 is 0 Å². The van der Waals surface area contributed by atoms with Gasteiger partial charge in [-0.15, -0.1) is 9.24 Å². The highest BCUT2D eigenvalue weighted by molar-refractivity contribution is 7.18. The van der Waals surface area contributed by atoms with Crippen molar-refractivity contribution in [2.45, 2.75) is 45.7 Å². The van der Waals surface area contributed by atoms with Crippen LogP contribution in [-0.2, 0) is 0 Å². The van der Waals surface area contributed by atoms with E-state index in [9.17, 15) is 0 Å². The number of unbranched alkanes of at least 4 members (excludes halogenated alkanes) is 1. The first kappa shape index (κ1) is 8.53. The zero-order chi connectivity index (χ0) is 7.78. The van der Waals surface area contributed by atoms with Gasteiger partial charge in [0.05, 0.1) is 0 Å². The van der Waals surface area contributed by atoms with Crippen molar-refractivity contribution in [1.82, 2.24) is 0 Å². The zero-order valence-corrected chi connectivity index (χ0v) is 8.51. The Balaban J connectivity index is 2.28. The molecule has 0 amide bonds. The van der Waals surface area contributed by atoms with Crippen LogP contribution in [0.2, 0.25) is 0 Å². The molecule has 60 valence electrons. The van der Waals surface area contributed by atoms with Gasteiger partial charge in [-0.25, -0.2) is 0 Å². The predicted octanol–water partition coefficient (Wildman–Crippen LogP) is 3.08. The van der Waals surface area contributed by atoms with Crippen molar-refractivity contribution in [1.29, 1.82) is 0 Å². The molecule has 4 unspecified atom stereocenters. The highest BCUT2D eigenvalue weighted by Crippen LogP contribution is 2.59. The molecule has 0 aliphatic heterocycles. The maximum atomic E-state index is 2.97. The molecule has 0 radical (unpaired) electrons. The van der Waals surface area contributed by atoms with Crippen LogP contribution in [0.25, 0.3) is 0 Å². The van der Waals surface area contributed by atoms with Crippen LogP contribution in [0.4, 0.5) is 0 Å². The lowest BCUT2D eigenvalue weighted by atomic mass is 9.99. The second kappa shape index (κ2) is 2.81. The zero-order valence-electron chi connectivity index (χ0n) is 7.35. The minimum absolute atomic E-state index is 0.681. The molecule has 1 fully saturated rings. The predicted molar refractivity (Wildman–Crippen MR) is 50.3 cm³/mol. The Morgan fingerprint density at radius 3 is 2.30 bits per heavy atom. The lowest BCUT2D eigenvalue weighted by molar-refractivity contribution is 0.455. The SMILES string of the molecule is CCCCC1(C)C(C)C1P. The Bertz CT molecular complexity index is 112. The summed E-state index contributed by atoms with van der Waals surface area (Å²) in [6, 6.07) is 0. The molecular formula is C9H19P. The lowest BCUT2D eigenvalue weighted by Gasteiger charge is -2.07. The summed E-state index contributed by atoms with van der Waals surface area (Å²) in [5.41, 5.74) is 1.58. The van der Waals surface area contributed by atoms with Crippen LogP contribution in [0.15, 0.2) is 0 Å². The van der Waals surface area contributed by atoms with Gasteiger partial charge in [0.1, 0.15) is 0 Å². The smallest absolute Gasteiger partial charge is 0.0176 e. The van der Waals surface area contributed by atoms with Gasteiger partial charge in [-0.1, -0.05) is 33.6 Å². The van der Waals surface area contributed by atoms with Gasteiger partial charge in [-0.2, -0.15) is 0 Å². The van der Waals surface area contributed by atoms with Gasteiger partial charge in [-0.3, -0.25) is 0 Å². The van der Waals surface area contributed by atoms with Gasteiger partial charge in [0, 0.05) is 0 Å². The Kier molecular flexibility index (Phi) is 2.40. The van der Waals surface area contributed by atoms with Crippen LogP contribution in [-0.4, -0.2) is 5.66 Å². The molecule has 0 aromatic heterocycles. The lowest BCUT2D eigenvalue weighted by Crippen LogP contribution is -1.97. The molecule has 1 saturated carbocycles. The number of hydrogen-bond donors (Lipinski definition) is 0. The molecule has 10 heavy (non-hydrogen) atoms. The molecule has 1 aliphatic carbocycles. The fraction of sp³-hybridized carbons (Fsp3) is 1.00. The largest absolute Gasteiger partial charge is 0.134 e. The molecule has 4 atom stereocenters. The summed E-state index contributed by atoms with van der Waals surface area (Å²) in [4.78, 5) is 0. The molecule has 1 aliphatic rings. The molecule has 0 heterocycles. The minimum Gasteiger partial charge on any atom is -0.134 e. The van der Waals surface area contributed by atoms with Crippen LogP contribution in [0, 0.1) is 11.3 Å². The Labute approximate surface area is 67.0 Å². The average molecular weight is 158 g/mol. The Morgan fingerprint density at radius 2 is 2.00 bits per heavy atom. The fourth-order valence-electron chi connectivity index (χ4n) is 1.79. The minimum atomic E-state index is 0.681. The summed E-state index contributed by atoms with van der Waals surface area (Å²) in [6.45, 7) is 7.06. The summed E-state index contributed by atoms with van der Waals surface area (Å²) in [7, 11) is 2.97. The topological polar surface area (TPSA) is 0 Å². The van der Waals surface area contributed by atoms with E-state index in [0.29, 0.717) is 5.41 Å². The van der Waals surface area contributed by atoms with Crippen LogP contribution in [0.1, 0.15) is 40.0 Å². The number of hydrogen-bond acceptors (Lipinski definition) is 0. The Morgan fingerprint density at radius 1 is 1.50 bits per heavy atom. The van der Waals surface area contributed by atoms with Crippen molar-refractivity contribution in [3.8, 4) is 0 Å². The summed E-state index contributed by atoms with van der Waals surface area (Å²) in [5.74, 6) is 0.948. The van der Waals surface area contributed by atoms with Gasteiger partial charge < -0.3 is 0 Å². The van der Waals surface area contributed by atoms with Crippen molar-refractivity contribution in [2.24, 2.45) is 11.3 Å². The quantitative estimate of drug-likeness (QED) is 0.554. The maximum absolute atomic E-state index is 2.97. The highest BCUT2D eigenvalue weighted by Gasteiger charge is 2.54. The van der Waals surface area contributed by atoms with E-state index in [0.717, 1.165) is 11.6 Å².